The van der Waals surface area contributed by atoms with Gasteiger partial charge < -0.3 is 19.4 Å². The molecule has 188 valence electrons. The summed E-state index contributed by atoms with van der Waals surface area (Å²) in [4.78, 5) is 34.3. The summed E-state index contributed by atoms with van der Waals surface area (Å²) >= 11 is 5.25. The molecule has 1 aliphatic heterocycles. The van der Waals surface area contributed by atoms with E-state index >= 15 is 0 Å². The number of aromatic nitrogens is 2. The van der Waals surface area contributed by atoms with Gasteiger partial charge >= 0.3 is 0 Å². The highest BCUT2D eigenvalue weighted by Crippen LogP contribution is 2.30. The predicted octanol–water partition coefficient (Wildman–Crippen LogP) is 3.44. The number of nitrogens with one attached hydrogen (secondary N) is 2. The van der Waals surface area contributed by atoms with Crippen LogP contribution >= 0.6 is 12.2 Å². The Balaban J connectivity index is 1.19. The fourth-order valence-electron chi connectivity index (χ4n) is 3.94. The van der Waals surface area contributed by atoms with E-state index in [9.17, 15) is 14.9 Å². The van der Waals surface area contributed by atoms with Crippen LogP contribution < -0.4 is 15.5 Å². The number of benzene rings is 2. The summed E-state index contributed by atoms with van der Waals surface area (Å²) in [5.74, 6) is -0.0567. The number of ether oxygens (including phenoxy) is 1. The standard InChI is InChI=1S/C25H22N6O5S/c32-23(18-7-8-19(20(14-18)31(33)34)30-10-12-35-13-11-30)29-25(37)27-15-16-3-5-17(6-4-16)24-28-22-21(36-24)2-1-9-26-22/h1-9,14H,10-13,15H2,(H2,27,29,32,37). The number of hydrogen-bond acceptors (Lipinski definition) is 9. The first-order valence-corrected chi connectivity index (χ1v) is 11.9. The maximum atomic E-state index is 12.7. The molecule has 11 nitrogen and oxygen atoms in total. The van der Waals surface area contributed by atoms with Crippen molar-refractivity contribution in [2.24, 2.45) is 0 Å². The number of morpholine rings is 1. The Morgan fingerprint density at radius 1 is 1.14 bits per heavy atom. The molecule has 1 aliphatic rings. The number of carbonyl (C=O) groups excluding carboxylic acids is 1. The van der Waals surface area contributed by atoms with Crippen molar-refractivity contribution in [2.75, 3.05) is 31.2 Å². The highest BCUT2D eigenvalue weighted by atomic mass is 32.1. The molecule has 0 saturated carbocycles. The molecule has 1 fully saturated rings. The number of hydrogen-bond donors (Lipinski definition) is 2. The zero-order chi connectivity index (χ0) is 25.8. The number of nitro groups is 1. The average Bonchev–Trinajstić information content (AvgIpc) is 3.37. The molecule has 0 aliphatic carbocycles. The summed E-state index contributed by atoms with van der Waals surface area (Å²) in [6.45, 7) is 2.46. The average molecular weight is 519 g/mol. The van der Waals surface area contributed by atoms with E-state index in [-0.39, 0.29) is 16.4 Å². The van der Waals surface area contributed by atoms with Crippen LogP contribution in [0.25, 0.3) is 22.7 Å². The second-order valence-corrected chi connectivity index (χ2v) is 8.65. The van der Waals surface area contributed by atoms with Gasteiger partial charge in [-0.25, -0.2) is 4.98 Å². The van der Waals surface area contributed by atoms with E-state index in [2.05, 4.69) is 20.6 Å². The first-order valence-electron chi connectivity index (χ1n) is 11.5. The van der Waals surface area contributed by atoms with Gasteiger partial charge in [-0.15, -0.1) is 0 Å². The van der Waals surface area contributed by atoms with E-state index in [1.165, 1.54) is 6.07 Å². The Bertz CT molecular complexity index is 1430. The number of rotatable bonds is 6. The molecule has 5 rings (SSSR count). The number of amides is 1. The van der Waals surface area contributed by atoms with E-state index in [1.807, 2.05) is 35.2 Å². The highest BCUT2D eigenvalue weighted by molar-refractivity contribution is 7.80. The van der Waals surface area contributed by atoms with Crippen molar-refractivity contribution in [1.82, 2.24) is 20.6 Å². The van der Waals surface area contributed by atoms with Crippen LogP contribution in [0.4, 0.5) is 11.4 Å². The summed E-state index contributed by atoms with van der Waals surface area (Å²) < 4.78 is 11.0. The van der Waals surface area contributed by atoms with Gasteiger partial charge in [0.05, 0.1) is 18.1 Å². The minimum Gasteiger partial charge on any atom is -0.434 e. The molecule has 0 unspecified atom stereocenters. The van der Waals surface area contributed by atoms with Crippen LogP contribution in [0.1, 0.15) is 15.9 Å². The molecule has 2 N–H and O–H groups in total. The Kier molecular flexibility index (Phi) is 7.01. The Morgan fingerprint density at radius 2 is 1.92 bits per heavy atom. The molecule has 12 heteroatoms. The summed E-state index contributed by atoms with van der Waals surface area (Å²) in [6.07, 6.45) is 1.66. The molecule has 0 atom stereocenters. The number of carbonyl (C=O) groups is 1. The number of oxazole rings is 1. The van der Waals surface area contributed by atoms with Crippen LogP contribution in [0.2, 0.25) is 0 Å². The van der Waals surface area contributed by atoms with Crippen molar-refractivity contribution >= 4 is 45.8 Å². The number of anilines is 1. The van der Waals surface area contributed by atoms with Gasteiger partial charge in [-0.05, 0) is 54.2 Å². The predicted molar refractivity (Wildman–Crippen MR) is 140 cm³/mol. The third kappa shape index (κ3) is 5.55. The Hall–Kier alpha value is -4.42. The molecular formula is C25H22N6O5S. The largest absolute Gasteiger partial charge is 0.434 e. The van der Waals surface area contributed by atoms with Crippen molar-refractivity contribution in [1.29, 1.82) is 0 Å². The van der Waals surface area contributed by atoms with Crippen LogP contribution in [0.5, 0.6) is 0 Å². The van der Waals surface area contributed by atoms with Crippen molar-refractivity contribution < 1.29 is 18.9 Å². The SMILES string of the molecule is O=C(NC(=S)NCc1ccc(-c2nc3ncccc3o2)cc1)c1ccc(N2CCOCC2)c([N+](=O)[O-])c1. The molecule has 1 amide bonds. The van der Waals surface area contributed by atoms with Crippen molar-refractivity contribution in [2.45, 2.75) is 6.54 Å². The molecule has 3 heterocycles. The van der Waals surface area contributed by atoms with E-state index in [1.54, 1.807) is 24.4 Å². The van der Waals surface area contributed by atoms with Gasteiger partial charge in [-0.2, -0.15) is 4.98 Å². The number of nitro benzene ring substituents is 1. The summed E-state index contributed by atoms with van der Waals surface area (Å²) in [6, 6.07) is 15.5. The number of nitrogens with zero attached hydrogens (tertiary/aromatic N) is 4. The van der Waals surface area contributed by atoms with Gasteiger partial charge in [0.1, 0.15) is 5.69 Å². The van der Waals surface area contributed by atoms with Crippen LogP contribution in [0.3, 0.4) is 0 Å². The maximum absolute atomic E-state index is 12.7. The normalized spacial score (nSPS) is 13.4. The van der Waals surface area contributed by atoms with Crippen molar-refractivity contribution in [3.05, 3.63) is 82.0 Å². The van der Waals surface area contributed by atoms with Crippen molar-refractivity contribution in [3.63, 3.8) is 0 Å². The Morgan fingerprint density at radius 3 is 2.65 bits per heavy atom. The Labute approximate surface area is 216 Å². The molecule has 1 saturated heterocycles. The summed E-state index contributed by atoms with van der Waals surface area (Å²) in [5, 5.41) is 17.3. The zero-order valence-electron chi connectivity index (χ0n) is 19.5. The maximum Gasteiger partial charge on any atom is 0.293 e. The zero-order valence-corrected chi connectivity index (χ0v) is 20.4. The minimum atomic E-state index is -0.533. The lowest BCUT2D eigenvalue weighted by Gasteiger charge is -2.28. The first-order chi connectivity index (χ1) is 18.0. The fraction of sp³-hybridized carbons (Fsp3) is 0.200. The van der Waals surface area contributed by atoms with Crippen LogP contribution in [0.15, 0.2) is 65.2 Å². The smallest absolute Gasteiger partial charge is 0.293 e. The second kappa shape index (κ2) is 10.7. The monoisotopic (exact) mass is 518 g/mol. The number of fused-ring (bicyclic) bond motifs is 1. The number of pyridine rings is 1. The lowest BCUT2D eigenvalue weighted by atomic mass is 10.1. The molecule has 2 aromatic heterocycles. The second-order valence-electron chi connectivity index (χ2n) is 8.24. The highest BCUT2D eigenvalue weighted by Gasteiger charge is 2.23. The van der Waals surface area contributed by atoms with E-state index in [0.717, 1.165) is 11.1 Å². The van der Waals surface area contributed by atoms with Crippen LogP contribution in [-0.2, 0) is 11.3 Å². The van der Waals surface area contributed by atoms with E-state index in [4.69, 9.17) is 21.4 Å². The summed E-state index contributed by atoms with van der Waals surface area (Å²) in [7, 11) is 0. The van der Waals surface area contributed by atoms with Gasteiger partial charge in [0, 0.05) is 43.0 Å². The molecular weight excluding hydrogens is 496 g/mol. The number of thiocarbonyl (C=S) groups is 1. The molecule has 0 bridgehead atoms. The molecule has 37 heavy (non-hydrogen) atoms. The lowest BCUT2D eigenvalue weighted by molar-refractivity contribution is -0.384. The van der Waals surface area contributed by atoms with E-state index < -0.39 is 10.8 Å². The van der Waals surface area contributed by atoms with Gasteiger partial charge in [-0.1, -0.05) is 12.1 Å². The molecule has 0 spiro atoms. The minimum absolute atomic E-state index is 0.110. The van der Waals surface area contributed by atoms with Gasteiger partial charge in [0.15, 0.2) is 16.3 Å². The molecule has 4 aromatic rings. The third-order valence-corrected chi connectivity index (χ3v) is 6.08. The van der Waals surface area contributed by atoms with Crippen molar-refractivity contribution in [3.8, 4) is 11.5 Å². The quantitative estimate of drug-likeness (QED) is 0.222. The van der Waals surface area contributed by atoms with Gasteiger partial charge in [0.25, 0.3) is 11.6 Å². The molecule has 0 radical (unpaired) electrons. The first kappa shape index (κ1) is 24.3. The lowest BCUT2D eigenvalue weighted by Crippen LogP contribution is -2.39. The molecule has 2 aromatic carbocycles. The van der Waals surface area contributed by atoms with Crippen LogP contribution in [0, 0.1) is 10.1 Å². The van der Waals surface area contributed by atoms with Crippen LogP contribution in [-0.4, -0.2) is 52.2 Å². The van der Waals surface area contributed by atoms with Gasteiger partial charge in [-0.3, -0.25) is 20.2 Å². The topological polar surface area (TPSA) is 136 Å². The van der Waals surface area contributed by atoms with E-state index in [0.29, 0.717) is 55.7 Å². The van der Waals surface area contributed by atoms with Gasteiger partial charge in [0.2, 0.25) is 5.89 Å². The third-order valence-electron chi connectivity index (χ3n) is 5.83. The fourth-order valence-corrected chi connectivity index (χ4v) is 4.11. The summed E-state index contributed by atoms with van der Waals surface area (Å²) in [5.41, 5.74) is 3.35.